The molecular weight excluding hydrogens is 433 g/mol. The summed E-state index contributed by atoms with van der Waals surface area (Å²) in [5, 5.41) is 0.497. The Balaban J connectivity index is 1.52. The Labute approximate surface area is 183 Å². The van der Waals surface area contributed by atoms with Gasteiger partial charge in [0.2, 0.25) is 15.9 Å². The van der Waals surface area contributed by atoms with Crippen molar-refractivity contribution >= 4 is 39.1 Å². The highest BCUT2D eigenvalue weighted by molar-refractivity contribution is 7.89. The Hall–Kier alpha value is -0.860. The molecule has 1 aromatic rings. The summed E-state index contributed by atoms with van der Waals surface area (Å²) < 4.78 is 28.1. The van der Waals surface area contributed by atoms with Crippen LogP contribution in [0.4, 0.5) is 0 Å². The SMILES string of the molecule is CC(C)N1CCN(C(=O)[C@H]2CC[C@H](NS(=O)(=O)c3ccc(Cl)cc3Cl)CC2)CC1. The largest absolute Gasteiger partial charge is 0.340 e. The molecule has 1 saturated carbocycles. The zero-order chi connectivity index (χ0) is 21.2. The Bertz CT molecular complexity index is 831. The lowest BCUT2D eigenvalue weighted by molar-refractivity contribution is -0.138. The number of hydrogen-bond donors (Lipinski definition) is 1. The second kappa shape index (κ2) is 9.52. The molecule has 1 heterocycles. The van der Waals surface area contributed by atoms with Crippen LogP contribution in [0.5, 0.6) is 0 Å². The number of nitrogens with one attached hydrogen (secondary N) is 1. The fourth-order valence-electron chi connectivity index (χ4n) is 4.15. The average molecular weight is 462 g/mol. The van der Waals surface area contributed by atoms with E-state index < -0.39 is 10.0 Å². The number of nitrogens with zero attached hydrogens (tertiary/aromatic N) is 2. The van der Waals surface area contributed by atoms with Gasteiger partial charge in [-0.1, -0.05) is 23.2 Å². The monoisotopic (exact) mass is 461 g/mol. The Morgan fingerprint density at radius 1 is 1.07 bits per heavy atom. The Morgan fingerprint density at radius 2 is 1.69 bits per heavy atom. The molecule has 1 N–H and O–H groups in total. The lowest BCUT2D eigenvalue weighted by Crippen LogP contribution is -2.52. The molecule has 0 radical (unpaired) electrons. The van der Waals surface area contributed by atoms with Gasteiger partial charge in [0, 0.05) is 49.2 Å². The minimum absolute atomic E-state index is 0.0135. The fraction of sp³-hybridized carbons (Fsp3) is 0.650. The molecule has 3 rings (SSSR count). The minimum atomic E-state index is -3.72. The molecule has 0 bridgehead atoms. The minimum Gasteiger partial charge on any atom is -0.340 e. The van der Waals surface area contributed by atoms with E-state index in [1.54, 1.807) is 0 Å². The van der Waals surface area contributed by atoms with E-state index in [2.05, 4.69) is 23.5 Å². The number of carbonyl (C=O) groups is 1. The Morgan fingerprint density at radius 3 is 2.24 bits per heavy atom. The van der Waals surface area contributed by atoms with Gasteiger partial charge >= 0.3 is 0 Å². The molecule has 1 amide bonds. The van der Waals surface area contributed by atoms with Crippen LogP contribution in [-0.4, -0.2) is 62.4 Å². The summed E-state index contributed by atoms with van der Waals surface area (Å²) in [6.45, 7) is 7.74. The summed E-state index contributed by atoms with van der Waals surface area (Å²) in [6.07, 6.45) is 2.69. The topological polar surface area (TPSA) is 69.7 Å². The van der Waals surface area contributed by atoms with Gasteiger partial charge in [0.25, 0.3) is 0 Å². The molecule has 9 heteroatoms. The van der Waals surface area contributed by atoms with Crippen LogP contribution in [0.3, 0.4) is 0 Å². The van der Waals surface area contributed by atoms with Crippen molar-refractivity contribution in [3.63, 3.8) is 0 Å². The van der Waals surface area contributed by atoms with Crippen molar-refractivity contribution in [2.45, 2.75) is 56.5 Å². The number of benzene rings is 1. The number of halogens is 2. The number of rotatable bonds is 5. The van der Waals surface area contributed by atoms with Crippen molar-refractivity contribution in [3.05, 3.63) is 28.2 Å². The molecular formula is C20H29Cl2N3O3S. The van der Waals surface area contributed by atoms with Crippen LogP contribution in [0.15, 0.2) is 23.1 Å². The highest BCUT2D eigenvalue weighted by atomic mass is 35.5. The van der Waals surface area contributed by atoms with Gasteiger partial charge in [-0.3, -0.25) is 9.69 Å². The third-order valence-corrected chi connectivity index (χ3v) is 8.18. The predicted octanol–water partition coefficient (Wildman–Crippen LogP) is 3.38. The predicted molar refractivity (Wildman–Crippen MR) is 116 cm³/mol. The molecule has 2 aliphatic rings. The van der Waals surface area contributed by atoms with E-state index in [1.807, 2.05) is 4.90 Å². The number of hydrogen-bond acceptors (Lipinski definition) is 4. The summed E-state index contributed by atoms with van der Waals surface area (Å²) in [4.78, 5) is 17.3. The van der Waals surface area contributed by atoms with Crippen molar-refractivity contribution in [1.29, 1.82) is 0 Å². The van der Waals surface area contributed by atoms with Crippen molar-refractivity contribution in [2.24, 2.45) is 5.92 Å². The van der Waals surface area contributed by atoms with Gasteiger partial charge in [-0.15, -0.1) is 0 Å². The summed E-state index contributed by atoms with van der Waals surface area (Å²) in [5.41, 5.74) is 0. The second-order valence-electron chi connectivity index (χ2n) is 8.20. The molecule has 0 spiro atoms. The van der Waals surface area contributed by atoms with Gasteiger partial charge in [0.05, 0.1) is 5.02 Å². The van der Waals surface area contributed by atoms with E-state index >= 15 is 0 Å². The zero-order valence-corrected chi connectivity index (χ0v) is 19.2. The maximum absolute atomic E-state index is 12.9. The van der Waals surface area contributed by atoms with Gasteiger partial charge in [0.15, 0.2) is 0 Å². The van der Waals surface area contributed by atoms with Crippen LogP contribution in [0.25, 0.3) is 0 Å². The molecule has 1 aliphatic carbocycles. The first kappa shape index (κ1) is 22.8. The summed E-state index contributed by atoms with van der Waals surface area (Å²) in [7, 11) is -3.72. The van der Waals surface area contributed by atoms with E-state index in [4.69, 9.17) is 23.2 Å². The maximum Gasteiger partial charge on any atom is 0.242 e. The van der Waals surface area contributed by atoms with E-state index in [0.717, 1.165) is 26.2 Å². The molecule has 2 fully saturated rings. The molecule has 29 heavy (non-hydrogen) atoms. The van der Waals surface area contributed by atoms with E-state index in [0.29, 0.717) is 36.7 Å². The fourth-order valence-corrected chi connectivity index (χ4v) is 6.23. The maximum atomic E-state index is 12.9. The average Bonchev–Trinajstić information content (AvgIpc) is 2.67. The molecule has 0 aromatic heterocycles. The number of carbonyl (C=O) groups excluding carboxylic acids is 1. The molecule has 0 atom stereocenters. The van der Waals surface area contributed by atoms with Crippen LogP contribution < -0.4 is 4.72 Å². The summed E-state index contributed by atoms with van der Waals surface area (Å²) >= 11 is 11.9. The third-order valence-electron chi connectivity index (χ3n) is 5.94. The van der Waals surface area contributed by atoms with Crippen LogP contribution in [0.2, 0.25) is 10.0 Å². The van der Waals surface area contributed by atoms with E-state index in [-0.39, 0.29) is 27.8 Å². The second-order valence-corrected chi connectivity index (χ2v) is 10.7. The summed E-state index contributed by atoms with van der Waals surface area (Å²) in [5.74, 6) is 0.205. The standard InChI is InChI=1S/C20H29Cl2N3O3S/c1-14(2)24-9-11-25(12-10-24)20(26)15-3-6-17(7-4-15)23-29(27,28)19-8-5-16(21)13-18(19)22/h5,8,13-15,17,23H,3-4,6-7,9-12H2,1-2H3/t15-,17-. The lowest BCUT2D eigenvalue weighted by Gasteiger charge is -2.39. The highest BCUT2D eigenvalue weighted by Crippen LogP contribution is 2.29. The molecule has 6 nitrogen and oxygen atoms in total. The molecule has 162 valence electrons. The lowest BCUT2D eigenvalue weighted by atomic mass is 9.85. The van der Waals surface area contributed by atoms with Gasteiger partial charge in [0.1, 0.15) is 4.90 Å². The van der Waals surface area contributed by atoms with Crippen LogP contribution >= 0.6 is 23.2 Å². The molecule has 1 aliphatic heterocycles. The quantitative estimate of drug-likeness (QED) is 0.729. The first-order valence-electron chi connectivity index (χ1n) is 10.2. The van der Waals surface area contributed by atoms with Gasteiger partial charge in [-0.25, -0.2) is 13.1 Å². The molecule has 1 aromatic carbocycles. The van der Waals surface area contributed by atoms with Crippen LogP contribution in [-0.2, 0) is 14.8 Å². The number of piperazine rings is 1. The zero-order valence-electron chi connectivity index (χ0n) is 16.9. The van der Waals surface area contributed by atoms with Crippen LogP contribution in [0, 0.1) is 5.92 Å². The van der Waals surface area contributed by atoms with E-state index in [9.17, 15) is 13.2 Å². The van der Waals surface area contributed by atoms with Gasteiger partial charge < -0.3 is 4.90 Å². The van der Waals surface area contributed by atoms with Gasteiger partial charge in [-0.2, -0.15) is 0 Å². The van der Waals surface area contributed by atoms with E-state index in [1.165, 1.54) is 18.2 Å². The number of sulfonamides is 1. The molecule has 0 unspecified atom stereocenters. The van der Waals surface area contributed by atoms with Crippen molar-refractivity contribution in [3.8, 4) is 0 Å². The highest BCUT2D eigenvalue weighted by Gasteiger charge is 2.33. The smallest absolute Gasteiger partial charge is 0.242 e. The van der Waals surface area contributed by atoms with Crippen molar-refractivity contribution in [1.82, 2.24) is 14.5 Å². The van der Waals surface area contributed by atoms with Crippen molar-refractivity contribution in [2.75, 3.05) is 26.2 Å². The van der Waals surface area contributed by atoms with Crippen LogP contribution in [0.1, 0.15) is 39.5 Å². The molecule has 1 saturated heterocycles. The first-order chi connectivity index (χ1) is 13.7. The summed E-state index contributed by atoms with van der Waals surface area (Å²) in [6, 6.07) is 4.67. The third kappa shape index (κ3) is 5.64. The normalized spacial score (nSPS) is 24.1. The Kier molecular flexibility index (Phi) is 7.49. The first-order valence-corrected chi connectivity index (χ1v) is 12.4. The number of amides is 1. The van der Waals surface area contributed by atoms with Gasteiger partial charge in [-0.05, 0) is 57.7 Å². The van der Waals surface area contributed by atoms with Crippen molar-refractivity contribution < 1.29 is 13.2 Å².